The molecule has 0 atom stereocenters. The first-order valence-electron chi connectivity index (χ1n) is 5.57. The van der Waals surface area contributed by atoms with Crippen LogP contribution in [0.4, 0.5) is 10.1 Å². The van der Waals surface area contributed by atoms with Gasteiger partial charge in [-0.25, -0.2) is 4.39 Å². The fourth-order valence-corrected chi connectivity index (χ4v) is 2.05. The van der Waals surface area contributed by atoms with E-state index in [9.17, 15) is 4.39 Å². The van der Waals surface area contributed by atoms with E-state index in [0.717, 1.165) is 16.7 Å². The van der Waals surface area contributed by atoms with Gasteiger partial charge in [0.15, 0.2) is 0 Å². The van der Waals surface area contributed by atoms with Crippen molar-refractivity contribution in [3.8, 4) is 11.1 Å². The summed E-state index contributed by atoms with van der Waals surface area (Å²) in [7, 11) is 0. The lowest BCUT2D eigenvalue weighted by Crippen LogP contribution is -1.99. The van der Waals surface area contributed by atoms with Crippen molar-refractivity contribution in [1.29, 1.82) is 0 Å². The number of rotatable bonds is 3. The number of aliphatic hydroxyl groups excluding tert-OH is 1. The second-order valence-electron chi connectivity index (χ2n) is 3.98. The first-order valence-corrected chi connectivity index (χ1v) is 5.95. The van der Waals surface area contributed by atoms with Crippen LogP contribution in [0.5, 0.6) is 0 Å². The van der Waals surface area contributed by atoms with Crippen LogP contribution in [0.3, 0.4) is 0 Å². The average molecular weight is 266 g/mol. The topological polar surface area (TPSA) is 46.2 Å². The Hall–Kier alpha value is -1.58. The fraction of sp³-hybridized carbons (Fsp3) is 0.143. The van der Waals surface area contributed by atoms with Crippen molar-refractivity contribution < 1.29 is 9.50 Å². The zero-order chi connectivity index (χ0) is 13.1. The zero-order valence-electron chi connectivity index (χ0n) is 9.66. The van der Waals surface area contributed by atoms with E-state index >= 15 is 0 Å². The molecule has 2 aromatic carbocycles. The molecule has 4 heteroatoms. The Kier molecular flexibility index (Phi) is 3.84. The summed E-state index contributed by atoms with van der Waals surface area (Å²) < 4.78 is 13.1. The quantitative estimate of drug-likeness (QED) is 0.837. The van der Waals surface area contributed by atoms with Gasteiger partial charge in [-0.2, -0.15) is 0 Å². The number of aliphatic hydroxyl groups is 1. The van der Waals surface area contributed by atoms with E-state index in [-0.39, 0.29) is 11.6 Å². The highest BCUT2D eigenvalue weighted by Crippen LogP contribution is 2.31. The van der Waals surface area contributed by atoms with E-state index in [1.165, 1.54) is 6.07 Å². The van der Waals surface area contributed by atoms with Gasteiger partial charge in [0.25, 0.3) is 0 Å². The Morgan fingerprint density at radius 2 is 2.00 bits per heavy atom. The van der Waals surface area contributed by atoms with Crippen molar-refractivity contribution in [1.82, 2.24) is 0 Å². The fourth-order valence-electron chi connectivity index (χ4n) is 1.87. The number of para-hydroxylation sites is 1. The zero-order valence-corrected chi connectivity index (χ0v) is 10.4. The maximum atomic E-state index is 13.1. The molecule has 0 bridgehead atoms. The minimum Gasteiger partial charge on any atom is -0.398 e. The predicted molar refractivity (Wildman–Crippen MR) is 72.0 cm³/mol. The molecule has 94 valence electrons. The summed E-state index contributed by atoms with van der Waals surface area (Å²) in [4.78, 5) is 0. The molecule has 0 aliphatic carbocycles. The van der Waals surface area contributed by atoms with Crippen LogP contribution in [0.15, 0.2) is 36.4 Å². The Labute approximate surface area is 110 Å². The largest absolute Gasteiger partial charge is 0.398 e. The van der Waals surface area contributed by atoms with Gasteiger partial charge in [-0.15, -0.1) is 0 Å². The highest BCUT2D eigenvalue weighted by atomic mass is 35.5. The molecule has 0 saturated heterocycles. The van der Waals surface area contributed by atoms with E-state index < -0.39 is 5.82 Å². The Morgan fingerprint density at radius 1 is 1.22 bits per heavy atom. The predicted octanol–water partition coefficient (Wildman–Crippen LogP) is 3.26. The van der Waals surface area contributed by atoms with Crippen molar-refractivity contribution in [3.05, 3.63) is 52.8 Å². The van der Waals surface area contributed by atoms with Gasteiger partial charge in [0, 0.05) is 17.9 Å². The van der Waals surface area contributed by atoms with Crippen molar-refractivity contribution in [3.63, 3.8) is 0 Å². The summed E-state index contributed by atoms with van der Waals surface area (Å²) in [6.45, 7) is 0.0395. The van der Waals surface area contributed by atoms with Crippen molar-refractivity contribution in [2.24, 2.45) is 0 Å². The van der Waals surface area contributed by atoms with Crippen LogP contribution in [-0.4, -0.2) is 11.7 Å². The molecule has 2 aromatic rings. The molecule has 0 amide bonds. The molecule has 0 radical (unpaired) electrons. The van der Waals surface area contributed by atoms with Crippen molar-refractivity contribution >= 4 is 17.3 Å². The standard InChI is InChI=1S/C14H13ClFNO/c15-12-8-10(4-5-13(12)16)11-3-1-2-9(6-7-18)14(11)17/h1-5,8,18H,6-7,17H2. The third kappa shape index (κ3) is 2.47. The molecular formula is C14H13ClFNO. The normalized spacial score (nSPS) is 10.6. The Bertz CT molecular complexity index is 572. The summed E-state index contributed by atoms with van der Waals surface area (Å²) in [5.74, 6) is -0.453. The lowest BCUT2D eigenvalue weighted by atomic mass is 9.99. The molecule has 3 N–H and O–H groups in total. The molecule has 2 nitrogen and oxygen atoms in total. The summed E-state index contributed by atoms with van der Waals surface area (Å²) in [5, 5.41) is 9.03. The van der Waals surface area contributed by atoms with Crippen LogP contribution in [0.2, 0.25) is 5.02 Å². The number of hydrogen-bond acceptors (Lipinski definition) is 2. The Balaban J connectivity index is 2.50. The molecule has 0 spiro atoms. The van der Waals surface area contributed by atoms with Gasteiger partial charge in [-0.05, 0) is 29.7 Å². The van der Waals surface area contributed by atoms with Crippen LogP contribution in [0.25, 0.3) is 11.1 Å². The van der Waals surface area contributed by atoms with E-state index in [2.05, 4.69) is 0 Å². The van der Waals surface area contributed by atoms with Crippen LogP contribution in [-0.2, 0) is 6.42 Å². The second kappa shape index (κ2) is 5.38. The van der Waals surface area contributed by atoms with Gasteiger partial charge in [0.05, 0.1) is 5.02 Å². The highest BCUT2D eigenvalue weighted by molar-refractivity contribution is 6.31. The second-order valence-corrected chi connectivity index (χ2v) is 4.39. The smallest absolute Gasteiger partial charge is 0.141 e. The molecule has 2 rings (SSSR count). The minimum atomic E-state index is -0.453. The Morgan fingerprint density at radius 3 is 2.67 bits per heavy atom. The third-order valence-corrected chi connectivity index (χ3v) is 3.10. The molecule has 0 unspecified atom stereocenters. The van der Waals surface area contributed by atoms with Gasteiger partial charge in [0.1, 0.15) is 5.82 Å². The molecule has 0 aliphatic rings. The van der Waals surface area contributed by atoms with Crippen LogP contribution < -0.4 is 5.73 Å². The van der Waals surface area contributed by atoms with Crippen molar-refractivity contribution in [2.75, 3.05) is 12.3 Å². The maximum absolute atomic E-state index is 13.1. The number of nitrogen functional groups attached to an aromatic ring is 1. The highest BCUT2D eigenvalue weighted by Gasteiger charge is 2.08. The molecule has 0 heterocycles. The van der Waals surface area contributed by atoms with Crippen molar-refractivity contribution in [2.45, 2.75) is 6.42 Å². The SMILES string of the molecule is Nc1c(CCO)cccc1-c1ccc(F)c(Cl)c1. The third-order valence-electron chi connectivity index (χ3n) is 2.81. The monoisotopic (exact) mass is 265 g/mol. The lowest BCUT2D eigenvalue weighted by Gasteiger charge is -2.11. The maximum Gasteiger partial charge on any atom is 0.141 e. The number of benzene rings is 2. The van der Waals surface area contributed by atoms with Crippen LogP contribution >= 0.6 is 11.6 Å². The number of hydrogen-bond donors (Lipinski definition) is 2. The number of anilines is 1. The van der Waals surface area contributed by atoms with Gasteiger partial charge >= 0.3 is 0 Å². The van der Waals surface area contributed by atoms with Gasteiger partial charge < -0.3 is 10.8 Å². The van der Waals surface area contributed by atoms with E-state index in [1.807, 2.05) is 18.2 Å². The van der Waals surface area contributed by atoms with Crippen LogP contribution in [0, 0.1) is 5.82 Å². The molecule has 0 aliphatic heterocycles. The molecule has 18 heavy (non-hydrogen) atoms. The summed E-state index contributed by atoms with van der Waals surface area (Å²) >= 11 is 5.76. The molecule has 0 fully saturated rings. The molecule has 0 saturated carbocycles. The van der Waals surface area contributed by atoms with E-state index in [4.69, 9.17) is 22.4 Å². The lowest BCUT2D eigenvalue weighted by molar-refractivity contribution is 0.300. The van der Waals surface area contributed by atoms with E-state index in [0.29, 0.717) is 12.1 Å². The molecular weight excluding hydrogens is 253 g/mol. The van der Waals surface area contributed by atoms with Gasteiger partial charge in [-0.3, -0.25) is 0 Å². The first-order chi connectivity index (χ1) is 8.63. The summed E-state index contributed by atoms with van der Waals surface area (Å²) in [6.07, 6.45) is 0.495. The number of nitrogens with two attached hydrogens (primary N) is 1. The summed E-state index contributed by atoms with van der Waals surface area (Å²) in [5.41, 5.74) is 9.06. The summed E-state index contributed by atoms with van der Waals surface area (Å²) in [6, 6.07) is 10.1. The van der Waals surface area contributed by atoms with Crippen LogP contribution in [0.1, 0.15) is 5.56 Å². The minimum absolute atomic E-state index is 0.0395. The van der Waals surface area contributed by atoms with Gasteiger partial charge in [-0.1, -0.05) is 35.9 Å². The average Bonchev–Trinajstić information content (AvgIpc) is 2.36. The molecule has 0 aromatic heterocycles. The van der Waals surface area contributed by atoms with E-state index in [1.54, 1.807) is 12.1 Å². The van der Waals surface area contributed by atoms with Gasteiger partial charge in [0.2, 0.25) is 0 Å². The first kappa shape index (κ1) is 12.9. The number of halogens is 2.